The number of nitrogens with zero attached hydrogens (tertiary/aromatic N) is 11. The molecule has 0 aliphatic carbocycles. The number of alkyl halides is 1. The van der Waals surface area contributed by atoms with Crippen molar-refractivity contribution in [1.82, 2.24) is 64.5 Å². The molecule has 444 valence electrons. The Hall–Kier alpha value is -0.590. The summed E-state index contributed by atoms with van der Waals surface area (Å²) < 4.78 is 12.3. The molecule has 0 bridgehead atoms. The third-order valence-electron chi connectivity index (χ3n) is 18.4. The van der Waals surface area contributed by atoms with E-state index < -0.39 is 0 Å². The van der Waals surface area contributed by atoms with Gasteiger partial charge in [0, 0.05) is 223 Å². The number of hydrogen-bond acceptors (Lipinski definition) is 13. The van der Waals surface area contributed by atoms with E-state index in [1.165, 1.54) is 183 Å². The molecule has 0 amide bonds. The van der Waals surface area contributed by atoms with Crippen molar-refractivity contribution in [1.29, 1.82) is 0 Å². The molecule has 0 aromatic rings. The van der Waals surface area contributed by atoms with Crippen LogP contribution >= 0.6 is 0 Å². The molecule has 75 heavy (non-hydrogen) atoms. The first-order chi connectivity index (χ1) is 35.2. The topological polar surface area (TPSA) is 59.7 Å². The number of nitrogens with one attached hydrogen (secondary N) is 2. The lowest BCUT2D eigenvalue weighted by atomic mass is 9.96. The van der Waals surface area contributed by atoms with Crippen molar-refractivity contribution in [2.24, 2.45) is 0 Å². The van der Waals surface area contributed by atoms with E-state index in [4.69, 9.17) is 0 Å². The number of rotatable bonds is 7. The lowest BCUT2D eigenvalue weighted by Crippen LogP contribution is -2.55. The number of hydrogen-bond donors (Lipinski definition) is 2. The van der Waals surface area contributed by atoms with Gasteiger partial charge in [0.25, 0.3) is 0 Å². The molecular formula is C61H128FN13. The van der Waals surface area contributed by atoms with Crippen molar-refractivity contribution in [2.75, 3.05) is 196 Å². The predicted octanol–water partition coefficient (Wildman–Crippen LogP) is 6.99. The van der Waals surface area contributed by atoms with Crippen LogP contribution in [0.5, 0.6) is 0 Å². The Morgan fingerprint density at radius 3 is 0.813 bits per heavy atom. The standard InChI is InChI=1S/C15H30FN3.C15H31N3.C13H27N3.C10H22N2.C8H18N2/c1-15(2,3)19-7-4-14(5-8-19)18-12-10-17(9-6-16)11-13-18;1-5-16-10-12-17(13-11-16)14-6-8-18(9-7-14)15(2,3)4;1-13(2,3)16-8-4-12(5-9-16)15-10-6-14-7-11-15;1-5-11-6-8-12(9-7-11)10(2,3)4;1-8(2,3)10-6-4-9-5-7-10/h14H,4-13H2,1-3H3;14H,5-13H2,1-4H3;12,14H,4-11H2,1-3H3;5-9H2,1-4H3;9H,4-7H2,1-3H3. The van der Waals surface area contributed by atoms with Crippen molar-refractivity contribution in [3.8, 4) is 0 Å². The number of halogens is 1. The number of piperazine rings is 5. The summed E-state index contributed by atoms with van der Waals surface area (Å²) in [6.45, 7) is 73.6. The van der Waals surface area contributed by atoms with Gasteiger partial charge in [-0.2, -0.15) is 0 Å². The highest BCUT2D eigenvalue weighted by Gasteiger charge is 2.34. The van der Waals surface area contributed by atoms with E-state index in [1.807, 2.05) is 0 Å². The van der Waals surface area contributed by atoms with Crippen LogP contribution in [0.3, 0.4) is 0 Å². The van der Waals surface area contributed by atoms with Gasteiger partial charge in [0.1, 0.15) is 6.67 Å². The second-order valence-electron chi connectivity index (χ2n) is 28.5. The Bertz CT molecular complexity index is 1440. The Kier molecular flexibility index (Phi) is 28.7. The number of likely N-dealkylation sites (N-methyl/N-ethyl adjacent to an activating group) is 2. The molecule has 0 unspecified atom stereocenters. The van der Waals surface area contributed by atoms with Crippen LogP contribution in [0.1, 0.15) is 156 Å². The zero-order valence-electron chi connectivity index (χ0n) is 53.0. The lowest BCUT2D eigenvalue weighted by molar-refractivity contribution is 0.0315. The van der Waals surface area contributed by atoms with Gasteiger partial charge in [0.2, 0.25) is 0 Å². The molecule has 0 radical (unpaired) electrons. The molecule has 8 saturated heterocycles. The summed E-state index contributed by atoms with van der Waals surface area (Å²) in [5, 5.41) is 6.78. The van der Waals surface area contributed by atoms with E-state index in [0.717, 1.165) is 57.4 Å². The Morgan fingerprint density at radius 2 is 0.547 bits per heavy atom. The molecule has 8 heterocycles. The zero-order valence-corrected chi connectivity index (χ0v) is 53.0. The first-order valence-electron chi connectivity index (χ1n) is 31.3. The SMILES string of the molecule is CC(C)(C)N1CCC(N2CCN(CCF)CC2)CC1.CC(C)(C)N1CCC(N2CCNCC2)CC1.CC(C)(C)N1CCNCC1.CCN1CCN(C(C)(C)C)CC1.CCN1CCN(C2CCN(C(C)(C)C)CC2)CC1. The number of likely N-dealkylation sites (tertiary alicyclic amines) is 3. The molecule has 0 aromatic carbocycles. The van der Waals surface area contributed by atoms with E-state index in [2.05, 4.69) is 182 Å². The lowest BCUT2D eigenvalue weighted by Gasteiger charge is -2.46. The summed E-state index contributed by atoms with van der Waals surface area (Å²) in [5.74, 6) is 0. The Labute approximate surface area is 465 Å². The van der Waals surface area contributed by atoms with Crippen molar-refractivity contribution < 1.29 is 4.39 Å². The maximum absolute atomic E-state index is 12.3. The molecule has 8 aliphatic heterocycles. The van der Waals surface area contributed by atoms with Crippen molar-refractivity contribution in [2.45, 2.75) is 202 Å². The normalized spacial score (nSPS) is 25.5. The van der Waals surface area contributed by atoms with Gasteiger partial charge >= 0.3 is 0 Å². The fourth-order valence-corrected chi connectivity index (χ4v) is 12.7. The summed E-state index contributed by atoms with van der Waals surface area (Å²) >= 11 is 0. The van der Waals surface area contributed by atoms with Crippen molar-refractivity contribution in [3.05, 3.63) is 0 Å². The second kappa shape index (κ2) is 32.2. The van der Waals surface area contributed by atoms with Gasteiger partial charge in [-0.3, -0.25) is 44.1 Å². The second-order valence-corrected chi connectivity index (χ2v) is 28.5. The number of piperidine rings is 3. The fraction of sp³-hybridized carbons (Fsp3) is 1.00. The van der Waals surface area contributed by atoms with Crippen LogP contribution in [-0.4, -0.2) is 296 Å². The van der Waals surface area contributed by atoms with Crippen molar-refractivity contribution >= 4 is 0 Å². The monoisotopic (exact) mass is 1060 g/mol. The molecule has 2 N–H and O–H groups in total. The molecule has 8 aliphatic rings. The third kappa shape index (κ3) is 24.2. The summed E-state index contributed by atoms with van der Waals surface area (Å²) in [6.07, 6.45) is 8.03. The molecule has 8 fully saturated rings. The summed E-state index contributed by atoms with van der Waals surface area (Å²) in [7, 11) is 0. The fourth-order valence-electron chi connectivity index (χ4n) is 12.7. The Morgan fingerprint density at radius 1 is 0.307 bits per heavy atom. The molecule has 13 nitrogen and oxygen atoms in total. The first kappa shape index (κ1) is 66.9. The van der Waals surface area contributed by atoms with Gasteiger partial charge in [-0.25, -0.2) is 4.39 Å². The largest absolute Gasteiger partial charge is 0.314 e. The summed E-state index contributed by atoms with van der Waals surface area (Å²) in [6, 6.07) is 2.45. The highest BCUT2D eigenvalue weighted by Crippen LogP contribution is 2.27. The van der Waals surface area contributed by atoms with Crippen LogP contribution in [-0.2, 0) is 0 Å². The van der Waals surface area contributed by atoms with Crippen molar-refractivity contribution in [3.63, 3.8) is 0 Å². The van der Waals surface area contributed by atoms with Gasteiger partial charge in [0.15, 0.2) is 0 Å². The third-order valence-corrected chi connectivity index (χ3v) is 18.4. The zero-order chi connectivity index (χ0) is 55.5. The average Bonchev–Trinajstić information content (AvgIpc) is 3.39. The average molecular weight is 1060 g/mol. The van der Waals surface area contributed by atoms with Crippen LogP contribution < -0.4 is 10.6 Å². The minimum absolute atomic E-state index is 0.204. The molecule has 0 aromatic heterocycles. The highest BCUT2D eigenvalue weighted by atomic mass is 19.1. The predicted molar refractivity (Wildman–Crippen MR) is 323 cm³/mol. The van der Waals surface area contributed by atoms with Gasteiger partial charge in [0.05, 0.1) is 0 Å². The van der Waals surface area contributed by atoms with Gasteiger partial charge in [-0.15, -0.1) is 0 Å². The van der Waals surface area contributed by atoms with E-state index in [9.17, 15) is 4.39 Å². The van der Waals surface area contributed by atoms with E-state index in [-0.39, 0.29) is 6.67 Å². The maximum Gasteiger partial charge on any atom is 0.102 e. The van der Waals surface area contributed by atoms with Gasteiger partial charge < -0.3 is 20.4 Å². The van der Waals surface area contributed by atoms with Crippen LogP contribution in [0.2, 0.25) is 0 Å². The molecule has 0 atom stereocenters. The minimum atomic E-state index is -0.204. The highest BCUT2D eigenvalue weighted by molar-refractivity contribution is 4.91. The van der Waals surface area contributed by atoms with Gasteiger partial charge in [-0.1, -0.05) is 13.8 Å². The first-order valence-corrected chi connectivity index (χ1v) is 31.3. The van der Waals surface area contributed by atoms with Crippen LogP contribution in [0.15, 0.2) is 0 Å². The van der Waals surface area contributed by atoms with E-state index in [1.54, 1.807) is 0 Å². The van der Waals surface area contributed by atoms with Gasteiger partial charge in [-0.05, 0) is 155 Å². The van der Waals surface area contributed by atoms with Crippen LogP contribution in [0.4, 0.5) is 4.39 Å². The van der Waals surface area contributed by atoms with E-state index >= 15 is 0 Å². The van der Waals surface area contributed by atoms with Crippen LogP contribution in [0.25, 0.3) is 0 Å². The summed E-state index contributed by atoms with van der Waals surface area (Å²) in [4.78, 5) is 28.4. The molecule has 14 heteroatoms. The minimum Gasteiger partial charge on any atom is -0.314 e. The van der Waals surface area contributed by atoms with Crippen LogP contribution in [0, 0.1) is 0 Å². The smallest absolute Gasteiger partial charge is 0.102 e. The molecule has 0 saturated carbocycles. The molecular weight excluding hydrogens is 934 g/mol. The maximum atomic E-state index is 12.3. The van der Waals surface area contributed by atoms with E-state index in [0.29, 0.717) is 34.2 Å². The quantitative estimate of drug-likeness (QED) is 0.276. The Balaban J connectivity index is 0.000000206. The molecule has 0 spiro atoms. The molecule has 8 rings (SSSR count). The summed E-state index contributed by atoms with van der Waals surface area (Å²) in [5.41, 5.74) is 1.74.